The van der Waals surface area contributed by atoms with E-state index in [4.69, 9.17) is 4.74 Å². The number of aryl methyl sites for hydroxylation is 1. The van der Waals surface area contributed by atoms with Crippen LogP contribution in [0, 0.1) is 0 Å². The minimum Gasteiger partial charge on any atom is -0.497 e. The molecule has 2 aromatic rings. The van der Waals surface area contributed by atoms with Crippen molar-refractivity contribution in [1.29, 1.82) is 0 Å². The molecular formula is C20H27N2O3S+. The highest BCUT2D eigenvalue weighted by atomic mass is 32.2. The molecular weight excluding hydrogens is 348 g/mol. The molecule has 0 aromatic heterocycles. The molecule has 3 rings (SSSR count). The van der Waals surface area contributed by atoms with Crippen molar-refractivity contribution < 1.29 is 18.1 Å². The zero-order chi connectivity index (χ0) is 18.4. The molecule has 1 heterocycles. The van der Waals surface area contributed by atoms with Gasteiger partial charge in [0.05, 0.1) is 44.7 Å². The van der Waals surface area contributed by atoms with E-state index in [2.05, 4.69) is 24.3 Å². The van der Waals surface area contributed by atoms with Crippen molar-refractivity contribution in [3.05, 3.63) is 60.2 Å². The number of nitrogens with zero attached hydrogens (tertiary/aromatic N) is 1. The molecule has 0 spiro atoms. The Labute approximate surface area is 156 Å². The van der Waals surface area contributed by atoms with Crippen molar-refractivity contribution >= 4 is 10.0 Å². The van der Waals surface area contributed by atoms with Gasteiger partial charge in [-0.3, -0.25) is 0 Å². The fourth-order valence-corrected chi connectivity index (χ4v) is 4.82. The van der Waals surface area contributed by atoms with Crippen LogP contribution in [-0.2, 0) is 16.4 Å². The molecule has 0 amide bonds. The van der Waals surface area contributed by atoms with Crippen LogP contribution in [0.25, 0.3) is 0 Å². The van der Waals surface area contributed by atoms with Crippen molar-refractivity contribution in [1.82, 2.24) is 4.31 Å². The number of quaternary nitrogens is 1. The lowest BCUT2D eigenvalue weighted by atomic mass is 10.1. The predicted octanol–water partition coefficient (Wildman–Crippen LogP) is 1.22. The smallest absolute Gasteiger partial charge is 0.243 e. The highest BCUT2D eigenvalue weighted by Crippen LogP contribution is 2.19. The van der Waals surface area contributed by atoms with Crippen LogP contribution in [0.1, 0.15) is 12.0 Å². The Morgan fingerprint density at radius 1 is 1.00 bits per heavy atom. The molecule has 0 radical (unpaired) electrons. The van der Waals surface area contributed by atoms with Gasteiger partial charge in [-0.2, -0.15) is 4.31 Å². The fourth-order valence-electron chi connectivity index (χ4n) is 3.38. The first-order chi connectivity index (χ1) is 12.6. The number of nitrogens with one attached hydrogen (secondary N) is 1. The minimum absolute atomic E-state index is 0.339. The van der Waals surface area contributed by atoms with E-state index in [1.807, 2.05) is 6.07 Å². The van der Waals surface area contributed by atoms with E-state index in [-0.39, 0.29) is 0 Å². The van der Waals surface area contributed by atoms with Crippen LogP contribution < -0.4 is 9.64 Å². The number of hydrogen-bond acceptors (Lipinski definition) is 3. The van der Waals surface area contributed by atoms with E-state index in [1.54, 1.807) is 35.7 Å². The Morgan fingerprint density at radius 2 is 1.65 bits per heavy atom. The van der Waals surface area contributed by atoms with Gasteiger partial charge in [0.2, 0.25) is 10.0 Å². The Hall–Kier alpha value is -1.89. The normalized spacial score (nSPS) is 16.5. The lowest BCUT2D eigenvalue weighted by Crippen LogP contribution is -3.14. The molecule has 140 valence electrons. The van der Waals surface area contributed by atoms with Gasteiger partial charge < -0.3 is 9.64 Å². The van der Waals surface area contributed by atoms with E-state index in [0.29, 0.717) is 23.7 Å². The summed E-state index contributed by atoms with van der Waals surface area (Å²) in [7, 11) is -1.84. The Balaban J connectivity index is 1.49. The van der Waals surface area contributed by atoms with Gasteiger partial charge in [-0.15, -0.1) is 0 Å². The molecule has 1 N–H and O–H groups in total. The number of ether oxygens (including phenoxy) is 1. The average Bonchev–Trinajstić information content (AvgIpc) is 2.69. The average molecular weight is 376 g/mol. The second-order valence-electron chi connectivity index (χ2n) is 6.67. The SMILES string of the molecule is COc1ccc(S(=O)(=O)N2CC[NH+](CCCc3ccccc3)CC2)cc1. The molecule has 0 bridgehead atoms. The van der Waals surface area contributed by atoms with Gasteiger partial charge in [0, 0.05) is 6.42 Å². The first-order valence-corrected chi connectivity index (χ1v) is 10.6. The highest BCUT2D eigenvalue weighted by molar-refractivity contribution is 7.89. The van der Waals surface area contributed by atoms with Gasteiger partial charge >= 0.3 is 0 Å². The van der Waals surface area contributed by atoms with Crippen molar-refractivity contribution in [2.24, 2.45) is 0 Å². The summed E-state index contributed by atoms with van der Waals surface area (Å²) < 4.78 is 32.2. The van der Waals surface area contributed by atoms with E-state index in [1.165, 1.54) is 10.5 Å². The third kappa shape index (κ3) is 4.63. The first kappa shape index (κ1) is 18.9. The summed E-state index contributed by atoms with van der Waals surface area (Å²) in [4.78, 5) is 1.83. The topological polar surface area (TPSA) is 51.1 Å². The van der Waals surface area contributed by atoms with Crippen LogP contribution >= 0.6 is 0 Å². The van der Waals surface area contributed by atoms with Crippen LogP contribution in [-0.4, -0.2) is 52.6 Å². The largest absolute Gasteiger partial charge is 0.497 e. The molecule has 0 atom stereocenters. The van der Waals surface area contributed by atoms with Crippen LogP contribution in [0.15, 0.2) is 59.5 Å². The summed E-state index contributed by atoms with van der Waals surface area (Å²) >= 11 is 0. The van der Waals surface area contributed by atoms with Crippen molar-refractivity contribution in [3.63, 3.8) is 0 Å². The molecule has 2 aromatic carbocycles. The molecule has 1 saturated heterocycles. The molecule has 0 saturated carbocycles. The Kier molecular flexibility index (Phi) is 6.29. The molecule has 26 heavy (non-hydrogen) atoms. The summed E-state index contributed by atoms with van der Waals surface area (Å²) in [5.74, 6) is 0.664. The zero-order valence-corrected chi connectivity index (χ0v) is 16.0. The van der Waals surface area contributed by atoms with Crippen LogP contribution in [0.2, 0.25) is 0 Å². The summed E-state index contributed by atoms with van der Waals surface area (Å²) in [5, 5.41) is 0. The first-order valence-electron chi connectivity index (χ1n) is 9.11. The molecule has 1 aliphatic rings. The van der Waals surface area contributed by atoms with Crippen molar-refractivity contribution in [2.45, 2.75) is 17.7 Å². The maximum atomic E-state index is 12.8. The van der Waals surface area contributed by atoms with Gasteiger partial charge in [0.15, 0.2) is 0 Å². The van der Waals surface area contributed by atoms with E-state index in [0.717, 1.165) is 32.5 Å². The lowest BCUT2D eigenvalue weighted by Gasteiger charge is -2.31. The second kappa shape index (κ2) is 8.66. The highest BCUT2D eigenvalue weighted by Gasteiger charge is 2.30. The molecule has 0 unspecified atom stereocenters. The van der Waals surface area contributed by atoms with Gasteiger partial charge in [0.25, 0.3) is 0 Å². The van der Waals surface area contributed by atoms with Crippen molar-refractivity contribution in [2.75, 3.05) is 39.8 Å². The van der Waals surface area contributed by atoms with E-state index in [9.17, 15) is 8.42 Å². The number of sulfonamides is 1. The monoisotopic (exact) mass is 375 g/mol. The summed E-state index contributed by atoms with van der Waals surface area (Å²) in [6.07, 6.45) is 2.21. The van der Waals surface area contributed by atoms with Crippen LogP contribution in [0.5, 0.6) is 5.75 Å². The minimum atomic E-state index is -3.41. The summed E-state index contributed by atoms with van der Waals surface area (Å²) in [6, 6.07) is 17.1. The molecule has 1 aliphatic heterocycles. The van der Waals surface area contributed by atoms with E-state index < -0.39 is 10.0 Å². The number of rotatable bonds is 7. The molecule has 1 fully saturated rings. The van der Waals surface area contributed by atoms with Gasteiger partial charge in [-0.1, -0.05) is 30.3 Å². The third-order valence-corrected chi connectivity index (χ3v) is 6.88. The fraction of sp³-hybridized carbons (Fsp3) is 0.400. The Bertz CT molecular complexity index is 784. The predicted molar refractivity (Wildman–Crippen MR) is 102 cm³/mol. The van der Waals surface area contributed by atoms with Gasteiger partial charge in [0.1, 0.15) is 5.75 Å². The Morgan fingerprint density at radius 3 is 2.27 bits per heavy atom. The molecule has 6 heteroatoms. The third-order valence-electron chi connectivity index (χ3n) is 4.97. The zero-order valence-electron chi connectivity index (χ0n) is 15.2. The standard InChI is InChI=1S/C20H26N2O3S/c1-25-19-9-11-20(12-10-19)26(23,24)22-16-14-21(15-17-22)13-5-8-18-6-3-2-4-7-18/h2-4,6-7,9-12H,5,8,13-17H2,1H3/p+1. The maximum absolute atomic E-state index is 12.8. The number of methoxy groups -OCH3 is 1. The molecule has 0 aliphatic carbocycles. The second-order valence-corrected chi connectivity index (χ2v) is 8.61. The van der Waals surface area contributed by atoms with Crippen LogP contribution in [0.4, 0.5) is 0 Å². The van der Waals surface area contributed by atoms with Gasteiger partial charge in [-0.25, -0.2) is 8.42 Å². The quantitative estimate of drug-likeness (QED) is 0.792. The lowest BCUT2D eigenvalue weighted by molar-refractivity contribution is -0.903. The number of hydrogen-bond donors (Lipinski definition) is 1. The van der Waals surface area contributed by atoms with Crippen molar-refractivity contribution in [3.8, 4) is 5.75 Å². The van der Waals surface area contributed by atoms with Crippen LogP contribution in [0.3, 0.4) is 0 Å². The number of piperazine rings is 1. The summed E-state index contributed by atoms with van der Waals surface area (Å²) in [5.41, 5.74) is 1.37. The van der Waals surface area contributed by atoms with Gasteiger partial charge in [-0.05, 0) is 36.2 Å². The maximum Gasteiger partial charge on any atom is 0.243 e. The van der Waals surface area contributed by atoms with E-state index >= 15 is 0 Å². The summed E-state index contributed by atoms with van der Waals surface area (Å²) in [6.45, 7) is 3.98. The molecule has 5 nitrogen and oxygen atoms in total. The number of benzene rings is 2.